The van der Waals surface area contributed by atoms with Crippen molar-refractivity contribution in [1.29, 1.82) is 0 Å². The van der Waals surface area contributed by atoms with E-state index in [1.165, 1.54) is 30.5 Å². The highest BCUT2D eigenvalue weighted by Gasteiger charge is 2.25. The maximum Gasteiger partial charge on any atom is 0.293 e. The molecule has 8 heteroatoms. The monoisotopic (exact) mass is 391 g/mol. The standard InChI is InChI=1S/C21H17N3O5/c25-20(15-4-1-6-17(12-15)24(27)28)22-16-9-8-14-5-2-10-23(18(14)13-16)21(26)19-7-3-11-29-19/h1,3-4,6-9,11-13H,2,5,10H2,(H,22,25). The summed E-state index contributed by atoms with van der Waals surface area (Å²) in [6, 6.07) is 14.2. The van der Waals surface area contributed by atoms with E-state index in [4.69, 9.17) is 4.42 Å². The summed E-state index contributed by atoms with van der Waals surface area (Å²) in [5.41, 5.74) is 2.25. The molecule has 0 bridgehead atoms. The predicted octanol–water partition coefficient (Wildman–Crippen LogP) is 4.03. The minimum Gasteiger partial charge on any atom is -0.459 e. The van der Waals surface area contributed by atoms with Crippen LogP contribution in [0, 0.1) is 10.1 Å². The number of anilines is 2. The van der Waals surface area contributed by atoms with Crippen LogP contribution in [0.1, 0.15) is 32.9 Å². The maximum absolute atomic E-state index is 12.8. The SMILES string of the molecule is O=C(Nc1ccc2c(c1)N(C(=O)c1ccco1)CCC2)c1cccc([N+](=O)[O-])c1. The molecule has 2 amide bonds. The van der Waals surface area contributed by atoms with Gasteiger partial charge in [0.05, 0.1) is 11.2 Å². The molecular weight excluding hydrogens is 374 g/mol. The number of fused-ring (bicyclic) bond motifs is 1. The van der Waals surface area contributed by atoms with Gasteiger partial charge in [0.15, 0.2) is 5.76 Å². The van der Waals surface area contributed by atoms with Gasteiger partial charge in [-0.15, -0.1) is 0 Å². The smallest absolute Gasteiger partial charge is 0.293 e. The van der Waals surface area contributed by atoms with Crippen molar-refractivity contribution in [3.8, 4) is 0 Å². The Morgan fingerprint density at radius 1 is 1.10 bits per heavy atom. The van der Waals surface area contributed by atoms with Gasteiger partial charge in [-0.3, -0.25) is 19.7 Å². The Labute approximate surface area is 165 Å². The van der Waals surface area contributed by atoms with Crippen LogP contribution >= 0.6 is 0 Å². The molecule has 29 heavy (non-hydrogen) atoms. The molecule has 2 aromatic carbocycles. The second-order valence-electron chi connectivity index (χ2n) is 6.64. The van der Waals surface area contributed by atoms with Crippen molar-refractivity contribution in [2.45, 2.75) is 12.8 Å². The third-order valence-corrected chi connectivity index (χ3v) is 4.76. The molecule has 8 nitrogen and oxygen atoms in total. The van der Waals surface area contributed by atoms with Gasteiger partial charge >= 0.3 is 0 Å². The molecule has 0 fully saturated rings. The minimum atomic E-state index is -0.548. The van der Waals surface area contributed by atoms with Crippen LogP contribution < -0.4 is 10.2 Å². The zero-order chi connectivity index (χ0) is 20.4. The van der Waals surface area contributed by atoms with E-state index in [1.54, 1.807) is 29.2 Å². The van der Waals surface area contributed by atoms with E-state index < -0.39 is 10.8 Å². The van der Waals surface area contributed by atoms with Crippen LogP contribution in [0.3, 0.4) is 0 Å². The van der Waals surface area contributed by atoms with Gasteiger partial charge in [0.1, 0.15) is 0 Å². The van der Waals surface area contributed by atoms with Crippen LogP contribution in [-0.2, 0) is 6.42 Å². The van der Waals surface area contributed by atoms with Crippen molar-refractivity contribution in [3.63, 3.8) is 0 Å². The van der Waals surface area contributed by atoms with Gasteiger partial charge in [-0.2, -0.15) is 0 Å². The molecule has 3 aromatic rings. The Kier molecular flexibility index (Phi) is 4.82. The van der Waals surface area contributed by atoms with Crippen molar-refractivity contribution in [2.24, 2.45) is 0 Å². The van der Waals surface area contributed by atoms with E-state index in [-0.39, 0.29) is 22.9 Å². The van der Waals surface area contributed by atoms with Crippen molar-refractivity contribution in [1.82, 2.24) is 0 Å². The number of amides is 2. The van der Waals surface area contributed by atoms with E-state index in [1.807, 2.05) is 6.07 Å². The average Bonchev–Trinajstić information content (AvgIpc) is 3.28. The molecule has 0 aliphatic carbocycles. The minimum absolute atomic E-state index is 0.154. The van der Waals surface area contributed by atoms with Gasteiger partial charge in [-0.25, -0.2) is 0 Å². The fourth-order valence-electron chi connectivity index (χ4n) is 3.36. The van der Waals surface area contributed by atoms with Gasteiger partial charge in [0, 0.05) is 35.6 Å². The molecule has 0 saturated carbocycles. The molecule has 1 aliphatic rings. The van der Waals surface area contributed by atoms with E-state index in [2.05, 4.69) is 5.32 Å². The first-order chi connectivity index (χ1) is 14.0. The summed E-state index contributed by atoms with van der Waals surface area (Å²) in [6.07, 6.45) is 3.11. The number of furan rings is 1. The van der Waals surface area contributed by atoms with Crippen LogP contribution in [-0.4, -0.2) is 23.3 Å². The van der Waals surface area contributed by atoms with Crippen molar-refractivity contribution >= 4 is 28.9 Å². The van der Waals surface area contributed by atoms with Gasteiger partial charge in [0.25, 0.3) is 17.5 Å². The fourth-order valence-corrected chi connectivity index (χ4v) is 3.36. The van der Waals surface area contributed by atoms with Crippen LogP contribution in [0.4, 0.5) is 17.1 Å². The maximum atomic E-state index is 12.8. The molecule has 0 radical (unpaired) electrons. The molecule has 0 spiro atoms. The number of nitro benzene ring substituents is 1. The number of aryl methyl sites for hydroxylation is 1. The molecule has 4 rings (SSSR count). The van der Waals surface area contributed by atoms with E-state index in [0.717, 1.165) is 24.1 Å². The lowest BCUT2D eigenvalue weighted by Crippen LogP contribution is -2.35. The molecule has 2 heterocycles. The summed E-state index contributed by atoms with van der Waals surface area (Å²) in [4.78, 5) is 37.3. The van der Waals surface area contributed by atoms with Gasteiger partial charge in [0.2, 0.25) is 0 Å². The number of hydrogen-bond acceptors (Lipinski definition) is 5. The quantitative estimate of drug-likeness (QED) is 0.534. The molecule has 0 atom stereocenters. The first-order valence-corrected chi connectivity index (χ1v) is 9.07. The van der Waals surface area contributed by atoms with Crippen molar-refractivity contribution < 1.29 is 18.9 Å². The molecule has 1 aliphatic heterocycles. The Morgan fingerprint density at radius 3 is 2.72 bits per heavy atom. The topological polar surface area (TPSA) is 106 Å². The summed E-state index contributed by atoms with van der Waals surface area (Å²) in [5.74, 6) is -0.449. The van der Waals surface area contributed by atoms with E-state index in [9.17, 15) is 19.7 Å². The summed E-state index contributed by atoms with van der Waals surface area (Å²) in [7, 11) is 0. The Balaban J connectivity index is 1.59. The number of nitro groups is 1. The van der Waals surface area contributed by atoms with Crippen LogP contribution in [0.25, 0.3) is 0 Å². The summed E-state index contributed by atoms with van der Waals surface area (Å²) in [5, 5.41) is 13.7. The van der Waals surface area contributed by atoms with Crippen molar-refractivity contribution in [3.05, 3.63) is 87.9 Å². The van der Waals surface area contributed by atoms with Crippen molar-refractivity contribution in [2.75, 3.05) is 16.8 Å². The molecular formula is C21H17N3O5. The number of hydrogen-bond donors (Lipinski definition) is 1. The van der Waals surface area contributed by atoms with E-state index in [0.29, 0.717) is 12.2 Å². The van der Waals surface area contributed by atoms with Crippen LogP contribution in [0.2, 0.25) is 0 Å². The summed E-state index contributed by atoms with van der Waals surface area (Å²) < 4.78 is 5.23. The number of benzene rings is 2. The highest BCUT2D eigenvalue weighted by Crippen LogP contribution is 2.31. The number of rotatable bonds is 4. The third-order valence-electron chi connectivity index (χ3n) is 4.76. The number of carbonyl (C=O) groups is 2. The lowest BCUT2D eigenvalue weighted by molar-refractivity contribution is -0.384. The lowest BCUT2D eigenvalue weighted by Gasteiger charge is -2.29. The van der Waals surface area contributed by atoms with Gasteiger partial charge in [-0.1, -0.05) is 12.1 Å². The number of carbonyl (C=O) groups excluding carboxylic acids is 2. The zero-order valence-corrected chi connectivity index (χ0v) is 15.3. The Hall–Kier alpha value is -3.94. The highest BCUT2D eigenvalue weighted by atomic mass is 16.6. The molecule has 146 valence electrons. The van der Waals surface area contributed by atoms with Crippen LogP contribution in [0.5, 0.6) is 0 Å². The first kappa shape index (κ1) is 18.4. The largest absolute Gasteiger partial charge is 0.459 e. The Morgan fingerprint density at radius 2 is 1.97 bits per heavy atom. The highest BCUT2D eigenvalue weighted by molar-refractivity contribution is 6.07. The molecule has 1 aromatic heterocycles. The molecule has 0 saturated heterocycles. The second kappa shape index (κ2) is 7.59. The molecule has 0 unspecified atom stereocenters. The van der Waals surface area contributed by atoms with Gasteiger partial charge < -0.3 is 14.6 Å². The summed E-state index contributed by atoms with van der Waals surface area (Å²) in [6.45, 7) is 0.550. The average molecular weight is 391 g/mol. The Bertz CT molecular complexity index is 1090. The lowest BCUT2D eigenvalue weighted by atomic mass is 10.0. The third kappa shape index (κ3) is 3.73. The fraction of sp³-hybridized carbons (Fsp3) is 0.143. The summed E-state index contributed by atoms with van der Waals surface area (Å²) >= 11 is 0. The molecule has 1 N–H and O–H groups in total. The first-order valence-electron chi connectivity index (χ1n) is 9.07. The second-order valence-corrected chi connectivity index (χ2v) is 6.64. The van der Waals surface area contributed by atoms with Gasteiger partial charge in [-0.05, 0) is 48.7 Å². The zero-order valence-electron chi connectivity index (χ0n) is 15.3. The number of non-ortho nitro benzene ring substituents is 1. The van der Waals surface area contributed by atoms with Crippen LogP contribution in [0.15, 0.2) is 65.3 Å². The normalized spacial score (nSPS) is 12.9. The number of nitrogens with zero attached hydrogens (tertiary/aromatic N) is 2. The van der Waals surface area contributed by atoms with E-state index >= 15 is 0 Å². The number of nitrogens with one attached hydrogen (secondary N) is 1. The predicted molar refractivity (Wildman–Crippen MR) is 106 cm³/mol.